The lowest BCUT2D eigenvalue weighted by Gasteiger charge is -2.46. The Bertz CT molecular complexity index is 1710. The van der Waals surface area contributed by atoms with Crippen molar-refractivity contribution in [3.63, 3.8) is 0 Å². The highest BCUT2D eigenvalue weighted by Gasteiger charge is 2.44. The number of methoxy groups -OCH3 is 1. The summed E-state index contributed by atoms with van der Waals surface area (Å²) in [5.74, 6) is 1.29. The van der Waals surface area contributed by atoms with Gasteiger partial charge >= 0.3 is 0 Å². The fourth-order valence-corrected chi connectivity index (χ4v) is 10.8. The average Bonchev–Trinajstić information content (AvgIpc) is 3.55. The number of hydrogen-bond acceptors (Lipinski definition) is 6. The van der Waals surface area contributed by atoms with E-state index >= 15 is 0 Å². The molecular weight excluding hydrogens is 658 g/mol. The maximum atomic E-state index is 14.2. The number of nitrogens with one attached hydrogen (secondary N) is 1. The van der Waals surface area contributed by atoms with E-state index in [0.717, 1.165) is 80.9 Å². The van der Waals surface area contributed by atoms with E-state index in [0.29, 0.717) is 49.2 Å². The molecular formula is C39H50ClN3O5S. The van der Waals surface area contributed by atoms with Crippen molar-refractivity contribution >= 4 is 39.0 Å². The van der Waals surface area contributed by atoms with Crippen LogP contribution in [0.5, 0.6) is 5.75 Å². The van der Waals surface area contributed by atoms with Crippen molar-refractivity contribution < 1.29 is 23.3 Å². The number of aryl methyl sites for hydroxylation is 1. The van der Waals surface area contributed by atoms with Crippen molar-refractivity contribution in [1.29, 1.82) is 0 Å². The van der Waals surface area contributed by atoms with Gasteiger partial charge in [0.1, 0.15) is 15.7 Å². The Hall–Kier alpha value is -2.88. The van der Waals surface area contributed by atoms with Crippen LogP contribution in [0.1, 0.15) is 98.5 Å². The van der Waals surface area contributed by atoms with Crippen LogP contribution >= 0.6 is 11.6 Å². The van der Waals surface area contributed by atoms with Crippen molar-refractivity contribution in [2.75, 3.05) is 37.5 Å². The van der Waals surface area contributed by atoms with E-state index in [1.807, 2.05) is 18.2 Å². The Kier molecular flexibility index (Phi) is 10.4. The second-order valence-corrected chi connectivity index (χ2v) is 17.5. The lowest BCUT2D eigenvalue weighted by atomic mass is 9.68. The van der Waals surface area contributed by atoms with E-state index in [2.05, 4.69) is 38.3 Å². The summed E-state index contributed by atoms with van der Waals surface area (Å²) >= 11 is 6.45. The third kappa shape index (κ3) is 7.59. The summed E-state index contributed by atoms with van der Waals surface area (Å²) in [4.78, 5) is 29.3. The Morgan fingerprint density at radius 2 is 1.98 bits per heavy atom. The van der Waals surface area contributed by atoms with Crippen LogP contribution in [0.25, 0.3) is 0 Å². The Morgan fingerprint density at radius 1 is 1.12 bits per heavy atom. The van der Waals surface area contributed by atoms with Crippen LogP contribution in [0.2, 0.25) is 5.02 Å². The predicted molar refractivity (Wildman–Crippen MR) is 195 cm³/mol. The summed E-state index contributed by atoms with van der Waals surface area (Å²) in [5.41, 5.74) is 3.54. The summed E-state index contributed by atoms with van der Waals surface area (Å²) in [5, 5.41) is 0.753. The van der Waals surface area contributed by atoms with E-state index in [1.54, 1.807) is 13.2 Å². The third-order valence-electron chi connectivity index (χ3n) is 11.8. The molecule has 2 amide bonds. The summed E-state index contributed by atoms with van der Waals surface area (Å²) in [6, 6.07) is 11.7. The highest BCUT2D eigenvalue weighted by atomic mass is 35.5. The number of carbonyl (C=O) groups is 2. The van der Waals surface area contributed by atoms with Crippen molar-refractivity contribution in [2.24, 2.45) is 22.1 Å². The van der Waals surface area contributed by atoms with Gasteiger partial charge in [-0.25, -0.2) is 4.21 Å². The number of carbonyl (C=O) groups excluding carboxylic acids is 2. The summed E-state index contributed by atoms with van der Waals surface area (Å²) in [7, 11) is -1.55. The van der Waals surface area contributed by atoms with Gasteiger partial charge in [0.15, 0.2) is 0 Å². The van der Waals surface area contributed by atoms with Gasteiger partial charge in [-0.3, -0.25) is 14.3 Å². The fourth-order valence-electron chi connectivity index (χ4n) is 8.98. The van der Waals surface area contributed by atoms with Gasteiger partial charge in [0, 0.05) is 42.6 Å². The molecule has 1 N–H and O–H groups in total. The van der Waals surface area contributed by atoms with E-state index < -0.39 is 15.8 Å². The number of allylic oxidation sites excluding steroid dienone is 1. The first-order chi connectivity index (χ1) is 23.7. The molecule has 2 heterocycles. The molecule has 49 heavy (non-hydrogen) atoms. The van der Waals surface area contributed by atoms with E-state index in [9.17, 15) is 13.8 Å². The molecule has 3 aliphatic carbocycles. The van der Waals surface area contributed by atoms with Crippen molar-refractivity contribution in [3.8, 4) is 5.75 Å². The number of nitrogens with zero attached hydrogens (tertiary/aromatic N) is 2. The monoisotopic (exact) mass is 707 g/mol. The molecule has 0 aromatic heterocycles. The highest BCUT2D eigenvalue weighted by molar-refractivity contribution is 7.92. The Balaban J connectivity index is 1.24. The van der Waals surface area contributed by atoms with Gasteiger partial charge < -0.3 is 14.4 Å². The number of hydrogen-bond donors (Lipinski definition) is 1. The van der Waals surface area contributed by atoms with Crippen LogP contribution in [0.4, 0.5) is 5.69 Å². The van der Waals surface area contributed by atoms with E-state index in [-0.39, 0.29) is 23.2 Å². The van der Waals surface area contributed by atoms with Crippen LogP contribution < -0.4 is 14.4 Å². The molecule has 2 bridgehead atoms. The minimum atomic E-state index is -3.33. The third-order valence-corrected chi connectivity index (χ3v) is 13.9. The van der Waals surface area contributed by atoms with Crippen molar-refractivity contribution in [3.05, 3.63) is 70.3 Å². The second-order valence-electron chi connectivity index (χ2n) is 15.0. The summed E-state index contributed by atoms with van der Waals surface area (Å²) < 4.78 is 33.9. The first-order valence-electron chi connectivity index (χ1n) is 18.3. The standard InChI is InChI=1S/C39H50ClN3O5S/c1-47-35-11-3-2-6-21-49(46,41-37(44)19-12-27-8-4-5-9-27)42-38(45)29-14-18-36-34(23-29)43(24-30-13-16-32(30)35)25-39(26-48-36)20-7-10-28-22-31(40)15-17-33(28)39/h3,11,14-15,17-18,22-23,27,30,32,35H,2,4-10,12-13,16,19-21,24-26H2,1H3,(H,41,42,44,45,46)/b11-3+/t30-,32+,35-,39-,49?/m0/s1. The topological polar surface area (TPSA) is 97.3 Å². The second kappa shape index (κ2) is 14.8. The van der Waals surface area contributed by atoms with Gasteiger partial charge in [-0.15, -0.1) is 4.36 Å². The molecule has 264 valence electrons. The molecule has 10 heteroatoms. The molecule has 1 unspecified atom stereocenters. The molecule has 2 aromatic carbocycles. The average molecular weight is 708 g/mol. The van der Waals surface area contributed by atoms with Gasteiger partial charge in [-0.2, -0.15) is 0 Å². The quantitative estimate of drug-likeness (QED) is 0.319. The zero-order valence-electron chi connectivity index (χ0n) is 28.7. The molecule has 0 radical (unpaired) electrons. The van der Waals surface area contributed by atoms with Crippen molar-refractivity contribution in [1.82, 2.24) is 4.72 Å². The molecule has 2 aliphatic heterocycles. The number of ether oxygens (including phenoxy) is 2. The van der Waals surface area contributed by atoms with Crippen LogP contribution in [-0.2, 0) is 31.3 Å². The zero-order chi connectivity index (χ0) is 34.0. The molecule has 2 saturated carbocycles. The van der Waals surface area contributed by atoms with Gasteiger partial charge in [-0.05, 0) is 111 Å². The highest BCUT2D eigenvalue weighted by Crippen LogP contribution is 2.47. The lowest BCUT2D eigenvalue weighted by Crippen LogP contribution is -2.49. The minimum Gasteiger partial charge on any atom is -0.490 e. The first kappa shape index (κ1) is 34.6. The number of halogens is 1. The number of benzene rings is 2. The smallest absolute Gasteiger partial charge is 0.286 e. The summed E-state index contributed by atoms with van der Waals surface area (Å²) in [6.07, 6.45) is 16.4. The Labute approximate surface area is 296 Å². The molecule has 2 aromatic rings. The molecule has 1 spiro atoms. The normalized spacial score (nSPS) is 31.0. The lowest BCUT2D eigenvalue weighted by molar-refractivity contribution is -0.119. The number of anilines is 1. The maximum Gasteiger partial charge on any atom is 0.286 e. The number of fused-ring (bicyclic) bond motifs is 4. The van der Waals surface area contributed by atoms with Gasteiger partial charge in [0.05, 0.1) is 24.2 Å². The predicted octanol–water partition coefficient (Wildman–Crippen LogP) is 7.81. The van der Waals surface area contributed by atoms with Crippen molar-refractivity contribution in [2.45, 2.75) is 95.0 Å². The number of amides is 2. The molecule has 2 fully saturated rings. The van der Waals surface area contributed by atoms with Gasteiger partial charge in [0.25, 0.3) is 5.91 Å². The maximum absolute atomic E-state index is 14.2. The Morgan fingerprint density at radius 3 is 2.78 bits per heavy atom. The largest absolute Gasteiger partial charge is 0.490 e. The molecule has 7 rings (SSSR count). The summed E-state index contributed by atoms with van der Waals surface area (Å²) in [6.45, 7) is 2.08. The molecule has 5 aliphatic rings. The van der Waals surface area contributed by atoms with Gasteiger partial charge in [0.2, 0.25) is 5.91 Å². The number of rotatable bonds is 5. The molecule has 0 saturated heterocycles. The fraction of sp³-hybridized carbons (Fsp3) is 0.590. The zero-order valence-corrected chi connectivity index (χ0v) is 30.2. The minimum absolute atomic E-state index is 0.0156. The molecule has 8 nitrogen and oxygen atoms in total. The van der Waals surface area contributed by atoms with Crippen LogP contribution in [0.15, 0.2) is 52.9 Å². The SMILES string of the molecule is CO[C@H]1/C=C/CCCS(=O)(NC(=O)CCC2CCCC2)=NC(=O)c2ccc3c(c2)N(C[C@@H]2CC[C@H]21)C[C@@]1(CCCc2cc(Cl)ccc21)CO3. The van der Waals surface area contributed by atoms with Crippen LogP contribution in [0, 0.1) is 17.8 Å². The van der Waals surface area contributed by atoms with E-state index in [4.69, 9.17) is 21.1 Å². The van der Waals surface area contributed by atoms with Gasteiger partial charge in [-0.1, -0.05) is 55.5 Å². The first-order valence-corrected chi connectivity index (χ1v) is 20.4. The van der Waals surface area contributed by atoms with Crippen LogP contribution in [-0.4, -0.2) is 54.7 Å². The van der Waals surface area contributed by atoms with E-state index in [1.165, 1.54) is 24.0 Å². The van der Waals surface area contributed by atoms with Crippen LogP contribution in [0.3, 0.4) is 0 Å². The molecule has 5 atom stereocenters.